The van der Waals surface area contributed by atoms with E-state index in [0.717, 1.165) is 23.5 Å². The SMILES string of the molecule is CC(C)Cn1cnc2c(NC3CC3)nc(N)nc21. The highest BCUT2D eigenvalue weighted by Crippen LogP contribution is 2.27. The third-order valence-electron chi connectivity index (χ3n) is 2.96. The summed E-state index contributed by atoms with van der Waals surface area (Å²) in [4.78, 5) is 13.0. The molecule has 2 aromatic heterocycles. The summed E-state index contributed by atoms with van der Waals surface area (Å²) in [5, 5.41) is 3.36. The van der Waals surface area contributed by atoms with E-state index in [-0.39, 0.29) is 0 Å². The lowest BCUT2D eigenvalue weighted by molar-refractivity contribution is 0.530. The standard InChI is InChI=1S/C12H18N6/c1-7(2)5-18-6-14-9-10(15-8-3-4-8)16-12(13)17-11(9)18/h6-8H,3-5H2,1-2H3,(H3,13,15,16,17). The second-order valence-electron chi connectivity index (χ2n) is 5.31. The van der Waals surface area contributed by atoms with E-state index in [1.54, 1.807) is 0 Å². The fourth-order valence-electron chi connectivity index (χ4n) is 2.01. The third-order valence-corrected chi connectivity index (χ3v) is 2.96. The van der Waals surface area contributed by atoms with Gasteiger partial charge in [-0.3, -0.25) is 0 Å². The fraction of sp³-hybridized carbons (Fsp3) is 0.583. The molecule has 3 rings (SSSR count). The lowest BCUT2D eigenvalue weighted by Gasteiger charge is -2.08. The molecule has 0 atom stereocenters. The van der Waals surface area contributed by atoms with E-state index in [9.17, 15) is 0 Å². The van der Waals surface area contributed by atoms with E-state index in [0.29, 0.717) is 17.9 Å². The van der Waals surface area contributed by atoms with Crippen molar-refractivity contribution in [3.05, 3.63) is 6.33 Å². The number of nitrogens with two attached hydrogens (primary N) is 1. The number of nitrogens with one attached hydrogen (secondary N) is 1. The maximum absolute atomic E-state index is 5.78. The van der Waals surface area contributed by atoms with Crippen LogP contribution in [0.4, 0.5) is 11.8 Å². The molecular formula is C12H18N6. The number of nitrogen functional groups attached to an aromatic ring is 1. The maximum Gasteiger partial charge on any atom is 0.224 e. The quantitative estimate of drug-likeness (QED) is 0.857. The summed E-state index contributed by atoms with van der Waals surface area (Å²) in [6.07, 6.45) is 4.20. The van der Waals surface area contributed by atoms with Gasteiger partial charge in [0.15, 0.2) is 17.0 Å². The molecule has 0 spiro atoms. The minimum absolute atomic E-state index is 0.302. The Morgan fingerprint density at radius 2 is 2.22 bits per heavy atom. The summed E-state index contributed by atoms with van der Waals surface area (Å²) in [5.74, 6) is 1.61. The highest BCUT2D eigenvalue weighted by atomic mass is 15.2. The van der Waals surface area contributed by atoms with Crippen molar-refractivity contribution in [1.82, 2.24) is 19.5 Å². The average molecular weight is 246 g/mol. The number of fused-ring (bicyclic) bond motifs is 1. The second kappa shape index (κ2) is 4.12. The first kappa shape index (κ1) is 11.3. The van der Waals surface area contributed by atoms with Gasteiger partial charge in [-0.2, -0.15) is 9.97 Å². The minimum Gasteiger partial charge on any atom is -0.368 e. The third kappa shape index (κ3) is 2.10. The van der Waals surface area contributed by atoms with Crippen LogP contribution in [0.1, 0.15) is 26.7 Å². The zero-order chi connectivity index (χ0) is 12.7. The zero-order valence-electron chi connectivity index (χ0n) is 10.7. The zero-order valence-corrected chi connectivity index (χ0v) is 10.7. The molecule has 18 heavy (non-hydrogen) atoms. The molecule has 1 aliphatic rings. The van der Waals surface area contributed by atoms with Gasteiger partial charge in [0.2, 0.25) is 5.95 Å². The van der Waals surface area contributed by atoms with Gasteiger partial charge in [-0.15, -0.1) is 0 Å². The van der Waals surface area contributed by atoms with E-state index in [2.05, 4.69) is 34.1 Å². The summed E-state index contributed by atoms with van der Waals surface area (Å²) in [7, 11) is 0. The first-order valence-electron chi connectivity index (χ1n) is 6.38. The van der Waals surface area contributed by atoms with E-state index < -0.39 is 0 Å². The Balaban J connectivity index is 2.04. The number of imidazole rings is 1. The van der Waals surface area contributed by atoms with Crippen LogP contribution in [-0.2, 0) is 6.54 Å². The van der Waals surface area contributed by atoms with Crippen LogP contribution in [0.2, 0.25) is 0 Å². The van der Waals surface area contributed by atoms with Gasteiger partial charge in [0.25, 0.3) is 0 Å². The Morgan fingerprint density at radius 1 is 1.44 bits per heavy atom. The molecule has 2 heterocycles. The van der Waals surface area contributed by atoms with Gasteiger partial charge in [-0.25, -0.2) is 4.98 Å². The molecule has 0 bridgehead atoms. The number of aromatic nitrogens is 4. The van der Waals surface area contributed by atoms with E-state index in [4.69, 9.17) is 5.73 Å². The lowest BCUT2D eigenvalue weighted by atomic mass is 10.2. The van der Waals surface area contributed by atoms with E-state index >= 15 is 0 Å². The molecule has 2 aromatic rings. The first-order chi connectivity index (χ1) is 8.63. The van der Waals surface area contributed by atoms with Crippen LogP contribution in [0.15, 0.2) is 6.33 Å². The smallest absolute Gasteiger partial charge is 0.224 e. The van der Waals surface area contributed by atoms with Crippen LogP contribution >= 0.6 is 0 Å². The van der Waals surface area contributed by atoms with Crippen LogP contribution in [0.3, 0.4) is 0 Å². The van der Waals surface area contributed by atoms with Gasteiger partial charge < -0.3 is 15.6 Å². The van der Waals surface area contributed by atoms with Crippen LogP contribution in [-0.4, -0.2) is 25.6 Å². The fourth-order valence-corrected chi connectivity index (χ4v) is 2.01. The van der Waals surface area contributed by atoms with Crippen LogP contribution in [0, 0.1) is 5.92 Å². The molecule has 6 heteroatoms. The Kier molecular flexibility index (Phi) is 2.57. The highest BCUT2D eigenvalue weighted by Gasteiger charge is 2.23. The number of nitrogens with zero attached hydrogens (tertiary/aromatic N) is 4. The predicted molar refractivity (Wildman–Crippen MR) is 71.2 cm³/mol. The summed E-state index contributed by atoms with van der Waals surface area (Å²) in [6.45, 7) is 5.22. The van der Waals surface area contributed by atoms with Crippen LogP contribution < -0.4 is 11.1 Å². The molecule has 0 radical (unpaired) electrons. The maximum atomic E-state index is 5.78. The van der Waals surface area contributed by atoms with Crippen LogP contribution in [0.25, 0.3) is 11.2 Å². The highest BCUT2D eigenvalue weighted by molar-refractivity contribution is 5.84. The molecular weight excluding hydrogens is 228 g/mol. The van der Waals surface area contributed by atoms with Crippen molar-refractivity contribution in [3.63, 3.8) is 0 Å². The van der Waals surface area contributed by atoms with Crippen molar-refractivity contribution in [3.8, 4) is 0 Å². The molecule has 96 valence electrons. The monoisotopic (exact) mass is 246 g/mol. The normalized spacial score (nSPS) is 15.5. The number of rotatable bonds is 4. The molecule has 0 aromatic carbocycles. The second-order valence-corrected chi connectivity index (χ2v) is 5.31. The largest absolute Gasteiger partial charge is 0.368 e. The van der Waals surface area contributed by atoms with E-state index in [1.807, 2.05) is 10.9 Å². The molecule has 3 N–H and O–H groups in total. The predicted octanol–water partition coefficient (Wildman–Crippen LogP) is 1.64. The molecule has 1 aliphatic carbocycles. The van der Waals surface area contributed by atoms with Crippen molar-refractivity contribution in [2.24, 2.45) is 5.92 Å². The Hall–Kier alpha value is -1.85. The van der Waals surface area contributed by atoms with Crippen LogP contribution in [0.5, 0.6) is 0 Å². The molecule has 0 aliphatic heterocycles. The van der Waals surface area contributed by atoms with Crippen molar-refractivity contribution >= 4 is 22.9 Å². The molecule has 1 fully saturated rings. The topological polar surface area (TPSA) is 81.7 Å². The van der Waals surface area contributed by atoms with Gasteiger partial charge in [0, 0.05) is 12.6 Å². The number of hydrogen-bond acceptors (Lipinski definition) is 5. The van der Waals surface area contributed by atoms with Crippen molar-refractivity contribution in [2.75, 3.05) is 11.1 Å². The van der Waals surface area contributed by atoms with Crippen molar-refractivity contribution in [2.45, 2.75) is 39.3 Å². The van der Waals surface area contributed by atoms with Gasteiger partial charge in [0.05, 0.1) is 6.33 Å². The first-order valence-corrected chi connectivity index (χ1v) is 6.38. The number of anilines is 2. The van der Waals surface area contributed by atoms with Crippen molar-refractivity contribution in [1.29, 1.82) is 0 Å². The summed E-state index contributed by atoms with van der Waals surface area (Å²) >= 11 is 0. The Labute approximate surface area is 106 Å². The molecule has 0 amide bonds. The number of hydrogen-bond donors (Lipinski definition) is 2. The van der Waals surface area contributed by atoms with Gasteiger partial charge in [-0.05, 0) is 18.8 Å². The Morgan fingerprint density at radius 3 is 2.89 bits per heavy atom. The van der Waals surface area contributed by atoms with Gasteiger partial charge in [-0.1, -0.05) is 13.8 Å². The summed E-state index contributed by atoms with van der Waals surface area (Å²) < 4.78 is 2.04. The van der Waals surface area contributed by atoms with Gasteiger partial charge in [0.1, 0.15) is 0 Å². The van der Waals surface area contributed by atoms with E-state index in [1.165, 1.54) is 12.8 Å². The molecule has 0 unspecified atom stereocenters. The van der Waals surface area contributed by atoms with Gasteiger partial charge >= 0.3 is 0 Å². The van der Waals surface area contributed by atoms with Crippen molar-refractivity contribution < 1.29 is 0 Å². The molecule has 6 nitrogen and oxygen atoms in total. The Bertz CT molecular complexity index is 569. The lowest BCUT2D eigenvalue weighted by Crippen LogP contribution is -2.09. The summed E-state index contributed by atoms with van der Waals surface area (Å²) in [5.41, 5.74) is 7.41. The summed E-state index contributed by atoms with van der Waals surface area (Å²) in [6, 6.07) is 0.526. The minimum atomic E-state index is 0.302. The molecule has 1 saturated carbocycles. The average Bonchev–Trinajstić information content (AvgIpc) is 3.01. The molecule has 0 saturated heterocycles.